The molecular weight excluding hydrogens is 334 g/mol. The van der Waals surface area contributed by atoms with Crippen molar-refractivity contribution < 1.29 is 13.2 Å². The van der Waals surface area contributed by atoms with Gasteiger partial charge in [0.25, 0.3) is 0 Å². The number of piperidine rings is 1. The number of rotatable bonds is 4. The molecule has 1 aliphatic heterocycles. The van der Waals surface area contributed by atoms with E-state index in [1.807, 2.05) is 30.5 Å². The van der Waals surface area contributed by atoms with Gasteiger partial charge in [0.15, 0.2) is 0 Å². The molecule has 8 heteroatoms. The van der Waals surface area contributed by atoms with Crippen LogP contribution in [0.4, 0.5) is 10.5 Å². The molecule has 1 aliphatic carbocycles. The Hall–Kier alpha value is -1.25. The van der Waals surface area contributed by atoms with Crippen LogP contribution in [-0.4, -0.2) is 50.5 Å². The summed E-state index contributed by atoms with van der Waals surface area (Å²) in [5.74, 6) is 0.379. The van der Waals surface area contributed by atoms with Crippen molar-refractivity contribution >= 4 is 33.5 Å². The van der Waals surface area contributed by atoms with Crippen LogP contribution in [0, 0.1) is 5.92 Å². The maximum atomic E-state index is 12.5. The van der Waals surface area contributed by atoms with Crippen molar-refractivity contribution in [2.45, 2.75) is 29.8 Å². The number of fused-ring (bicyclic) bond motifs is 2. The molecule has 126 valence electrons. The topological polar surface area (TPSA) is 78.5 Å². The molecule has 2 fully saturated rings. The number of anilines is 1. The molecule has 3 unspecified atom stereocenters. The number of benzene rings is 1. The summed E-state index contributed by atoms with van der Waals surface area (Å²) in [6.45, 7) is 0.696. The van der Waals surface area contributed by atoms with Gasteiger partial charge in [0, 0.05) is 23.2 Å². The van der Waals surface area contributed by atoms with E-state index < -0.39 is 10.0 Å². The van der Waals surface area contributed by atoms with Gasteiger partial charge < -0.3 is 10.2 Å². The van der Waals surface area contributed by atoms with Gasteiger partial charge in [0.05, 0.1) is 12.3 Å². The third-order valence-electron chi connectivity index (χ3n) is 4.45. The summed E-state index contributed by atoms with van der Waals surface area (Å²) in [4.78, 5) is 15.4. The van der Waals surface area contributed by atoms with Crippen LogP contribution in [-0.2, 0) is 10.0 Å². The van der Waals surface area contributed by atoms with Crippen molar-refractivity contribution in [3.8, 4) is 0 Å². The van der Waals surface area contributed by atoms with E-state index in [1.165, 1.54) is 0 Å². The molecule has 1 saturated heterocycles. The van der Waals surface area contributed by atoms with Crippen LogP contribution in [0.15, 0.2) is 29.2 Å². The molecule has 1 aromatic carbocycles. The van der Waals surface area contributed by atoms with Crippen LogP contribution in [0.5, 0.6) is 0 Å². The van der Waals surface area contributed by atoms with E-state index in [1.54, 1.807) is 16.7 Å². The van der Waals surface area contributed by atoms with E-state index in [0.29, 0.717) is 12.5 Å². The maximum Gasteiger partial charge on any atom is 0.322 e. The number of carbonyl (C=O) groups excluding carboxylic acids is 1. The highest BCUT2D eigenvalue weighted by molar-refractivity contribution is 7.98. The van der Waals surface area contributed by atoms with Crippen LogP contribution in [0.25, 0.3) is 0 Å². The molecule has 2 aliphatic rings. The molecule has 3 atom stereocenters. The third kappa shape index (κ3) is 3.81. The standard InChI is InChI=1S/C15H21N3O3S2/c1-22-12-5-3-11(4-6-12)16-15(19)18-9-10-7-13(14(18)8-10)17-23(2,20)21/h3-6,10,13-14,17H,7-9H2,1-2H3,(H,16,19). The van der Waals surface area contributed by atoms with Gasteiger partial charge in [-0.1, -0.05) is 0 Å². The van der Waals surface area contributed by atoms with Crippen molar-refractivity contribution in [1.82, 2.24) is 9.62 Å². The molecule has 0 spiro atoms. The fourth-order valence-electron chi connectivity index (χ4n) is 3.53. The smallest absolute Gasteiger partial charge is 0.320 e. The number of amides is 2. The summed E-state index contributed by atoms with van der Waals surface area (Å²) in [5, 5.41) is 2.90. The van der Waals surface area contributed by atoms with Gasteiger partial charge in [0.2, 0.25) is 10.0 Å². The molecule has 3 rings (SSSR count). The maximum absolute atomic E-state index is 12.5. The second-order valence-electron chi connectivity index (χ2n) is 6.21. The fraction of sp³-hybridized carbons (Fsp3) is 0.533. The van der Waals surface area contributed by atoms with Crippen LogP contribution in [0.2, 0.25) is 0 Å². The number of sulfonamides is 1. The normalized spacial score (nSPS) is 26.5. The highest BCUT2D eigenvalue weighted by atomic mass is 32.2. The minimum atomic E-state index is -3.26. The first-order valence-corrected chi connectivity index (χ1v) is 10.7. The van der Waals surface area contributed by atoms with Gasteiger partial charge in [-0.05, 0) is 49.3 Å². The number of hydrogen-bond acceptors (Lipinski definition) is 4. The van der Waals surface area contributed by atoms with Gasteiger partial charge in [-0.3, -0.25) is 0 Å². The average Bonchev–Trinajstić information content (AvgIpc) is 3.06. The second-order valence-corrected chi connectivity index (χ2v) is 8.87. The van der Waals surface area contributed by atoms with E-state index >= 15 is 0 Å². The Morgan fingerprint density at radius 1 is 1.26 bits per heavy atom. The number of likely N-dealkylation sites (tertiary alicyclic amines) is 1. The Kier molecular flexibility index (Phi) is 4.57. The summed E-state index contributed by atoms with van der Waals surface area (Å²) in [5.41, 5.74) is 0.753. The lowest BCUT2D eigenvalue weighted by molar-refractivity contribution is 0.183. The molecule has 1 heterocycles. The Bertz CT molecular complexity index is 690. The Morgan fingerprint density at radius 3 is 2.52 bits per heavy atom. The summed E-state index contributed by atoms with van der Waals surface area (Å²) in [6, 6.07) is 7.30. The molecular formula is C15H21N3O3S2. The SMILES string of the molecule is CSc1ccc(NC(=O)N2CC3CC(NS(C)(=O)=O)C2C3)cc1. The van der Waals surface area contributed by atoms with E-state index in [-0.39, 0.29) is 18.1 Å². The molecule has 1 saturated carbocycles. The number of carbonyl (C=O) groups is 1. The summed E-state index contributed by atoms with van der Waals surface area (Å²) >= 11 is 1.65. The van der Waals surface area contributed by atoms with Crippen LogP contribution in [0.3, 0.4) is 0 Å². The fourth-order valence-corrected chi connectivity index (χ4v) is 4.74. The largest absolute Gasteiger partial charge is 0.322 e. The van der Waals surface area contributed by atoms with Crippen LogP contribution in [0.1, 0.15) is 12.8 Å². The Balaban J connectivity index is 1.65. The van der Waals surface area contributed by atoms with Gasteiger partial charge >= 0.3 is 6.03 Å². The van der Waals surface area contributed by atoms with Gasteiger partial charge in [-0.25, -0.2) is 17.9 Å². The lowest BCUT2D eigenvalue weighted by Crippen LogP contribution is -2.52. The van der Waals surface area contributed by atoms with Crippen molar-refractivity contribution in [1.29, 1.82) is 0 Å². The quantitative estimate of drug-likeness (QED) is 0.809. The summed E-state index contributed by atoms with van der Waals surface area (Å²) in [7, 11) is -3.26. The first-order chi connectivity index (χ1) is 10.9. The number of nitrogens with one attached hydrogen (secondary N) is 2. The van der Waals surface area contributed by atoms with Crippen LogP contribution < -0.4 is 10.0 Å². The summed E-state index contributed by atoms with van der Waals surface area (Å²) < 4.78 is 25.6. The molecule has 0 radical (unpaired) electrons. The van der Waals surface area contributed by atoms with Crippen molar-refractivity contribution in [3.63, 3.8) is 0 Å². The predicted molar refractivity (Wildman–Crippen MR) is 92.2 cm³/mol. The van der Waals surface area contributed by atoms with Gasteiger partial charge in [-0.15, -0.1) is 11.8 Å². The zero-order chi connectivity index (χ0) is 16.6. The third-order valence-corrected chi connectivity index (χ3v) is 5.92. The van der Waals surface area contributed by atoms with E-state index in [9.17, 15) is 13.2 Å². The number of hydrogen-bond donors (Lipinski definition) is 2. The summed E-state index contributed by atoms with van der Waals surface area (Å²) in [6.07, 6.45) is 4.84. The minimum absolute atomic E-state index is 0.0554. The lowest BCUT2D eigenvalue weighted by atomic mass is 10.1. The Labute approximate surface area is 141 Å². The molecule has 1 aromatic rings. The van der Waals surface area contributed by atoms with Crippen LogP contribution >= 0.6 is 11.8 Å². The zero-order valence-electron chi connectivity index (χ0n) is 13.2. The first kappa shape index (κ1) is 16.6. The second kappa shape index (κ2) is 6.33. The molecule has 0 aromatic heterocycles. The molecule has 2 amide bonds. The molecule has 23 heavy (non-hydrogen) atoms. The average molecular weight is 355 g/mol. The first-order valence-electron chi connectivity index (χ1n) is 7.54. The highest BCUT2D eigenvalue weighted by Gasteiger charge is 2.47. The molecule has 2 N–H and O–H groups in total. The van der Waals surface area contributed by atoms with Crippen molar-refractivity contribution in [2.75, 3.05) is 24.4 Å². The number of urea groups is 1. The number of thioether (sulfide) groups is 1. The lowest BCUT2D eigenvalue weighted by Gasteiger charge is -2.33. The zero-order valence-corrected chi connectivity index (χ0v) is 14.8. The minimum Gasteiger partial charge on any atom is -0.320 e. The Morgan fingerprint density at radius 2 is 1.96 bits per heavy atom. The van der Waals surface area contributed by atoms with E-state index in [0.717, 1.165) is 29.7 Å². The van der Waals surface area contributed by atoms with E-state index in [4.69, 9.17) is 0 Å². The van der Waals surface area contributed by atoms with Gasteiger partial charge in [-0.2, -0.15) is 0 Å². The van der Waals surface area contributed by atoms with Crippen molar-refractivity contribution in [3.05, 3.63) is 24.3 Å². The monoisotopic (exact) mass is 355 g/mol. The van der Waals surface area contributed by atoms with E-state index in [2.05, 4.69) is 10.0 Å². The predicted octanol–water partition coefficient (Wildman–Crippen LogP) is 1.95. The van der Waals surface area contributed by atoms with Crippen molar-refractivity contribution in [2.24, 2.45) is 5.92 Å². The number of nitrogens with zero attached hydrogens (tertiary/aromatic N) is 1. The molecule has 2 bridgehead atoms. The molecule has 6 nitrogen and oxygen atoms in total. The highest BCUT2D eigenvalue weighted by Crippen LogP contribution is 2.38. The van der Waals surface area contributed by atoms with Gasteiger partial charge in [0.1, 0.15) is 0 Å².